The predicted molar refractivity (Wildman–Crippen MR) is 176 cm³/mol. The maximum absolute atomic E-state index is 13.4. The Morgan fingerprint density at radius 3 is 2.42 bits per heavy atom. The van der Waals surface area contributed by atoms with E-state index in [9.17, 15) is 14.7 Å². The number of hydrogen-bond donors (Lipinski definition) is 4. The van der Waals surface area contributed by atoms with Gasteiger partial charge in [-0.25, -0.2) is 0 Å². The summed E-state index contributed by atoms with van der Waals surface area (Å²) in [6.07, 6.45) is 4.12. The molecule has 0 saturated carbocycles. The van der Waals surface area contributed by atoms with Crippen LogP contribution in [0.15, 0.2) is 48.7 Å². The number of methoxy groups -OCH3 is 1. The molecule has 0 aliphatic heterocycles. The maximum atomic E-state index is 13.4. The third-order valence-electron chi connectivity index (χ3n) is 7.29. The van der Waals surface area contributed by atoms with Gasteiger partial charge in [-0.1, -0.05) is 33.3 Å². The normalized spacial score (nSPS) is 11.4. The Morgan fingerprint density at radius 1 is 1.02 bits per heavy atom. The Labute approximate surface area is 257 Å². The number of amides is 2. The number of aliphatic hydroxyl groups is 1. The highest BCUT2D eigenvalue weighted by Crippen LogP contribution is 2.30. The summed E-state index contributed by atoms with van der Waals surface area (Å²) in [7, 11) is 5.06. The lowest BCUT2D eigenvalue weighted by Crippen LogP contribution is -2.32. The van der Waals surface area contributed by atoms with Crippen molar-refractivity contribution in [3.63, 3.8) is 0 Å². The molecule has 1 unspecified atom stereocenters. The number of aliphatic hydroxyl groups excluding tert-OH is 1. The second kappa shape index (κ2) is 18.0. The van der Waals surface area contributed by atoms with Gasteiger partial charge in [0.2, 0.25) is 0 Å². The molecule has 236 valence electrons. The second-order valence-corrected chi connectivity index (χ2v) is 10.4. The standard InChI is InChI=1S/C32H45N5O4.C2H6/c1-7-8-12-37(14-15-38)13-11-34-27-10-9-22(2)29(20-27)31(39)35-23(3)24-16-25(18-28(17-24)41-6)26-19-30(32(40)33-4)36(5)21-26;1-2/h9-10,16-21,23,34,38H,7-8,11-15H2,1-6H3,(H,33,40)(H,35,39);1-2H3. The summed E-state index contributed by atoms with van der Waals surface area (Å²) in [6.45, 7) is 13.3. The molecule has 0 bridgehead atoms. The molecule has 4 N–H and O–H groups in total. The zero-order chi connectivity index (χ0) is 31.9. The van der Waals surface area contributed by atoms with E-state index in [0.717, 1.165) is 60.4 Å². The van der Waals surface area contributed by atoms with Crippen LogP contribution in [0.4, 0.5) is 5.69 Å². The van der Waals surface area contributed by atoms with E-state index in [1.165, 1.54) is 0 Å². The number of nitrogens with one attached hydrogen (secondary N) is 3. The minimum absolute atomic E-state index is 0.147. The van der Waals surface area contributed by atoms with Gasteiger partial charge in [0.1, 0.15) is 11.4 Å². The van der Waals surface area contributed by atoms with Gasteiger partial charge >= 0.3 is 0 Å². The molecule has 3 aromatic rings. The Kier molecular flexibility index (Phi) is 14.8. The zero-order valence-electron chi connectivity index (χ0n) is 27.2. The Hall–Kier alpha value is -3.82. The highest BCUT2D eigenvalue weighted by atomic mass is 16.5. The lowest BCUT2D eigenvalue weighted by Gasteiger charge is -2.21. The van der Waals surface area contributed by atoms with Crippen molar-refractivity contribution in [1.82, 2.24) is 20.1 Å². The molecule has 2 amide bonds. The number of rotatable bonds is 15. The number of aryl methyl sites for hydroxylation is 2. The van der Waals surface area contributed by atoms with Crippen LogP contribution in [0.25, 0.3) is 11.1 Å². The van der Waals surface area contributed by atoms with E-state index < -0.39 is 0 Å². The fourth-order valence-electron chi connectivity index (χ4n) is 4.78. The van der Waals surface area contributed by atoms with Gasteiger partial charge in [-0.3, -0.25) is 14.5 Å². The molecule has 1 atom stereocenters. The summed E-state index contributed by atoms with van der Waals surface area (Å²) in [4.78, 5) is 27.9. The molecule has 9 nitrogen and oxygen atoms in total. The van der Waals surface area contributed by atoms with Gasteiger partial charge in [-0.05, 0) is 79.9 Å². The number of hydrogen-bond acceptors (Lipinski definition) is 6. The molecule has 2 aromatic carbocycles. The zero-order valence-corrected chi connectivity index (χ0v) is 27.2. The monoisotopic (exact) mass is 593 g/mol. The number of carbonyl (C=O) groups is 2. The minimum Gasteiger partial charge on any atom is -0.497 e. The highest BCUT2D eigenvalue weighted by Gasteiger charge is 2.18. The van der Waals surface area contributed by atoms with E-state index in [1.54, 1.807) is 18.7 Å². The van der Waals surface area contributed by atoms with E-state index >= 15 is 0 Å². The number of ether oxygens (including phenoxy) is 1. The molecule has 3 rings (SSSR count). The van der Waals surface area contributed by atoms with Crippen LogP contribution in [0.1, 0.15) is 78.6 Å². The first kappa shape index (κ1) is 35.4. The molecular formula is C34H51N5O4. The number of benzene rings is 2. The lowest BCUT2D eigenvalue weighted by molar-refractivity contribution is 0.0935. The number of aromatic nitrogens is 1. The van der Waals surface area contributed by atoms with Crippen molar-refractivity contribution in [3.8, 4) is 16.9 Å². The molecule has 0 aliphatic rings. The van der Waals surface area contributed by atoms with Crippen LogP contribution in [0.2, 0.25) is 0 Å². The van der Waals surface area contributed by atoms with Crippen LogP contribution in [-0.4, -0.2) is 73.3 Å². The van der Waals surface area contributed by atoms with E-state index in [2.05, 4.69) is 27.8 Å². The third-order valence-corrected chi connectivity index (χ3v) is 7.29. The topological polar surface area (TPSA) is 108 Å². The van der Waals surface area contributed by atoms with Gasteiger partial charge in [-0.15, -0.1) is 0 Å². The molecule has 0 aliphatic carbocycles. The van der Waals surface area contributed by atoms with Crippen molar-refractivity contribution < 1.29 is 19.4 Å². The van der Waals surface area contributed by atoms with Crippen molar-refractivity contribution in [2.24, 2.45) is 7.05 Å². The second-order valence-electron chi connectivity index (χ2n) is 10.4. The highest BCUT2D eigenvalue weighted by molar-refractivity contribution is 5.97. The Balaban J connectivity index is 0.00000316. The van der Waals surface area contributed by atoms with Gasteiger partial charge in [0.15, 0.2) is 0 Å². The van der Waals surface area contributed by atoms with E-state index in [4.69, 9.17) is 4.74 Å². The van der Waals surface area contributed by atoms with Crippen molar-refractivity contribution >= 4 is 17.5 Å². The number of anilines is 1. The summed E-state index contributed by atoms with van der Waals surface area (Å²) in [5.41, 5.74) is 5.60. The van der Waals surface area contributed by atoms with Gasteiger partial charge in [-0.2, -0.15) is 0 Å². The molecule has 43 heavy (non-hydrogen) atoms. The van der Waals surface area contributed by atoms with Crippen LogP contribution < -0.4 is 20.7 Å². The van der Waals surface area contributed by atoms with Crippen molar-refractivity contribution in [3.05, 3.63) is 71.0 Å². The number of nitrogens with zero attached hydrogens (tertiary/aromatic N) is 2. The molecule has 0 saturated heterocycles. The van der Waals surface area contributed by atoms with E-state index in [0.29, 0.717) is 23.6 Å². The average molecular weight is 594 g/mol. The smallest absolute Gasteiger partial charge is 0.267 e. The lowest BCUT2D eigenvalue weighted by atomic mass is 10.00. The molecule has 0 spiro atoms. The van der Waals surface area contributed by atoms with Gasteiger partial charge < -0.3 is 30.4 Å². The van der Waals surface area contributed by atoms with Crippen LogP contribution in [0.3, 0.4) is 0 Å². The first-order valence-corrected chi connectivity index (χ1v) is 15.3. The van der Waals surface area contributed by atoms with Crippen LogP contribution in [-0.2, 0) is 7.05 Å². The maximum Gasteiger partial charge on any atom is 0.267 e. The SMILES string of the molecule is CC.CCCCN(CCO)CCNc1ccc(C)c(C(=O)NC(C)c2cc(OC)cc(-c3cc(C(=O)NC)n(C)c3)c2)c1. The summed E-state index contributed by atoms with van der Waals surface area (Å²) < 4.78 is 7.35. The summed E-state index contributed by atoms with van der Waals surface area (Å²) in [5, 5.41) is 18.6. The third kappa shape index (κ3) is 10.1. The van der Waals surface area contributed by atoms with Crippen molar-refractivity contribution in [2.75, 3.05) is 52.3 Å². The van der Waals surface area contributed by atoms with Gasteiger partial charge in [0.05, 0.1) is 19.8 Å². The van der Waals surface area contributed by atoms with Crippen LogP contribution >= 0.6 is 0 Å². The summed E-state index contributed by atoms with van der Waals surface area (Å²) in [5.74, 6) is 0.351. The van der Waals surface area contributed by atoms with E-state index in [1.807, 2.05) is 83.4 Å². The number of carbonyl (C=O) groups excluding carboxylic acids is 2. The van der Waals surface area contributed by atoms with Gasteiger partial charge in [0, 0.05) is 56.7 Å². The number of unbranched alkanes of at least 4 members (excludes halogenated alkanes) is 1. The molecule has 9 heteroatoms. The minimum atomic E-state index is -0.292. The quantitative estimate of drug-likeness (QED) is 0.188. The molecule has 1 heterocycles. The molecular weight excluding hydrogens is 542 g/mol. The fraction of sp³-hybridized carbons (Fsp3) is 0.471. The summed E-state index contributed by atoms with van der Waals surface area (Å²) >= 11 is 0. The van der Waals surface area contributed by atoms with Crippen molar-refractivity contribution in [1.29, 1.82) is 0 Å². The fourth-order valence-corrected chi connectivity index (χ4v) is 4.78. The first-order chi connectivity index (χ1) is 20.7. The summed E-state index contributed by atoms with van der Waals surface area (Å²) in [6, 6.07) is 13.2. The van der Waals surface area contributed by atoms with Crippen LogP contribution in [0.5, 0.6) is 5.75 Å². The van der Waals surface area contributed by atoms with E-state index in [-0.39, 0.29) is 24.5 Å². The predicted octanol–water partition coefficient (Wildman–Crippen LogP) is 5.39. The first-order valence-electron chi connectivity index (χ1n) is 15.3. The Bertz CT molecular complexity index is 1320. The molecule has 0 radical (unpaired) electrons. The Morgan fingerprint density at radius 2 is 1.77 bits per heavy atom. The van der Waals surface area contributed by atoms with Crippen LogP contribution in [0, 0.1) is 6.92 Å². The average Bonchev–Trinajstić information content (AvgIpc) is 3.42. The molecule has 1 aromatic heterocycles. The molecule has 0 fully saturated rings. The van der Waals surface area contributed by atoms with Crippen molar-refractivity contribution in [2.45, 2.75) is 53.5 Å². The largest absolute Gasteiger partial charge is 0.497 e. The van der Waals surface area contributed by atoms with Gasteiger partial charge in [0.25, 0.3) is 11.8 Å².